The van der Waals surface area contributed by atoms with Crippen LogP contribution in [0.1, 0.15) is 113 Å². The second-order valence-electron chi connectivity index (χ2n) is 15.5. The predicted molar refractivity (Wildman–Crippen MR) is 134 cm³/mol. The summed E-state index contributed by atoms with van der Waals surface area (Å²) in [7, 11) is 0. The van der Waals surface area contributed by atoms with Crippen molar-refractivity contribution in [3.05, 3.63) is 0 Å². The topological polar surface area (TPSA) is 60.7 Å². The van der Waals surface area contributed by atoms with Crippen LogP contribution in [0.15, 0.2) is 0 Å². The Kier molecular flexibility index (Phi) is 5.38. The van der Waals surface area contributed by atoms with Gasteiger partial charge < -0.3 is 15.3 Å². The highest BCUT2D eigenvalue weighted by molar-refractivity contribution is 5.20. The maximum Gasteiger partial charge on any atom is 0.0829 e. The van der Waals surface area contributed by atoms with E-state index in [9.17, 15) is 15.3 Å². The van der Waals surface area contributed by atoms with Crippen molar-refractivity contribution in [1.29, 1.82) is 0 Å². The first-order valence-corrected chi connectivity index (χ1v) is 14.2. The van der Waals surface area contributed by atoms with Crippen molar-refractivity contribution in [2.24, 2.45) is 56.2 Å². The van der Waals surface area contributed by atoms with Crippen LogP contribution in [0.5, 0.6) is 0 Å². The van der Waals surface area contributed by atoms with Crippen LogP contribution in [0.4, 0.5) is 0 Å². The quantitative estimate of drug-likeness (QED) is 0.437. The molecule has 11 atom stereocenters. The van der Waals surface area contributed by atoms with Crippen LogP contribution in [-0.4, -0.2) is 34.1 Å². The highest BCUT2D eigenvalue weighted by atomic mass is 16.3. The third kappa shape index (κ3) is 2.97. The van der Waals surface area contributed by atoms with Crippen LogP contribution in [0.25, 0.3) is 0 Å². The van der Waals surface area contributed by atoms with E-state index in [-0.39, 0.29) is 33.0 Å². The fourth-order valence-electron chi connectivity index (χ4n) is 11.4. The standard InChI is InChI=1S/C30H52O3/c1-19-24(33)20(32)16-22-26(19,4)9-8-21-27(22,5)11-12-29(7)23-17-25(2,3)10-14-30(23,18-31)15-13-28(21,29)6/h19-24,31-33H,8-18H2,1-7H3. The van der Waals surface area contributed by atoms with Gasteiger partial charge in [-0.1, -0.05) is 48.5 Å². The lowest BCUT2D eigenvalue weighted by Gasteiger charge is -2.75. The van der Waals surface area contributed by atoms with Crippen LogP contribution in [0.2, 0.25) is 0 Å². The summed E-state index contributed by atoms with van der Waals surface area (Å²) in [5.74, 6) is 1.90. The molecule has 33 heavy (non-hydrogen) atoms. The van der Waals surface area contributed by atoms with Crippen LogP contribution in [0.3, 0.4) is 0 Å². The minimum absolute atomic E-state index is 0.115. The van der Waals surface area contributed by atoms with Crippen LogP contribution in [-0.2, 0) is 0 Å². The molecule has 11 unspecified atom stereocenters. The van der Waals surface area contributed by atoms with E-state index in [1.54, 1.807) is 0 Å². The molecule has 0 radical (unpaired) electrons. The molecule has 5 aliphatic rings. The van der Waals surface area contributed by atoms with E-state index < -0.39 is 12.2 Å². The Morgan fingerprint density at radius 1 is 0.697 bits per heavy atom. The second kappa shape index (κ2) is 7.22. The van der Waals surface area contributed by atoms with E-state index in [2.05, 4.69) is 48.5 Å². The molecular formula is C30H52O3. The minimum atomic E-state index is -0.583. The van der Waals surface area contributed by atoms with Gasteiger partial charge in [-0.05, 0) is 120 Å². The second-order valence-corrected chi connectivity index (χ2v) is 15.5. The van der Waals surface area contributed by atoms with Crippen molar-refractivity contribution in [1.82, 2.24) is 0 Å². The van der Waals surface area contributed by atoms with Gasteiger partial charge in [0.2, 0.25) is 0 Å². The zero-order chi connectivity index (χ0) is 24.2. The minimum Gasteiger partial charge on any atom is -0.396 e. The van der Waals surface area contributed by atoms with Gasteiger partial charge in [0.25, 0.3) is 0 Å². The molecule has 0 aromatic heterocycles. The maximum atomic E-state index is 10.9. The SMILES string of the molecule is CC1C(O)C(O)CC2C1(C)CCC1C2(C)CCC2(C)C3CC(C)(C)CCC3(CO)CCC12C. The van der Waals surface area contributed by atoms with E-state index in [0.29, 0.717) is 29.8 Å². The Hall–Kier alpha value is -0.120. The summed E-state index contributed by atoms with van der Waals surface area (Å²) in [6.07, 6.45) is 10.6. The molecule has 5 rings (SSSR count). The average Bonchev–Trinajstić information content (AvgIpc) is 2.76. The molecule has 0 aliphatic heterocycles. The van der Waals surface area contributed by atoms with Gasteiger partial charge in [-0.3, -0.25) is 0 Å². The first-order chi connectivity index (χ1) is 15.2. The third-order valence-corrected chi connectivity index (χ3v) is 14.1. The molecule has 0 bridgehead atoms. The van der Waals surface area contributed by atoms with Gasteiger partial charge in [0.15, 0.2) is 0 Å². The van der Waals surface area contributed by atoms with E-state index in [0.717, 1.165) is 6.42 Å². The summed E-state index contributed by atoms with van der Waals surface area (Å²) in [6, 6.07) is 0. The number of aliphatic hydroxyl groups excluding tert-OH is 3. The van der Waals surface area contributed by atoms with Gasteiger partial charge in [-0.25, -0.2) is 0 Å². The van der Waals surface area contributed by atoms with Crippen LogP contribution >= 0.6 is 0 Å². The molecule has 3 heteroatoms. The first-order valence-electron chi connectivity index (χ1n) is 14.2. The van der Waals surface area contributed by atoms with Gasteiger partial charge in [-0.2, -0.15) is 0 Å². The van der Waals surface area contributed by atoms with Gasteiger partial charge in [-0.15, -0.1) is 0 Å². The number of fused-ring (bicyclic) bond motifs is 7. The molecular weight excluding hydrogens is 408 g/mol. The summed E-state index contributed by atoms with van der Waals surface area (Å²) >= 11 is 0. The normalized spacial score (nSPS) is 60.2. The number of hydrogen-bond donors (Lipinski definition) is 3. The van der Waals surface area contributed by atoms with E-state index in [1.165, 1.54) is 57.8 Å². The van der Waals surface area contributed by atoms with Gasteiger partial charge in [0.1, 0.15) is 0 Å². The Labute approximate surface area is 203 Å². The summed E-state index contributed by atoms with van der Waals surface area (Å²) in [6.45, 7) is 17.7. The molecule has 0 spiro atoms. The van der Waals surface area contributed by atoms with Gasteiger partial charge in [0.05, 0.1) is 12.2 Å². The zero-order valence-corrected chi connectivity index (χ0v) is 22.6. The monoisotopic (exact) mass is 460 g/mol. The predicted octanol–water partition coefficient (Wildman–Crippen LogP) is 6.19. The molecule has 0 aromatic rings. The molecule has 0 heterocycles. The molecule has 0 amide bonds. The van der Waals surface area contributed by atoms with Crippen LogP contribution in [0, 0.1) is 56.2 Å². The van der Waals surface area contributed by atoms with E-state index in [4.69, 9.17) is 0 Å². The average molecular weight is 461 g/mol. The molecule has 5 fully saturated rings. The summed E-state index contributed by atoms with van der Waals surface area (Å²) in [5.41, 5.74) is 1.38. The van der Waals surface area contributed by atoms with Gasteiger partial charge >= 0.3 is 0 Å². The van der Waals surface area contributed by atoms with Crippen molar-refractivity contribution in [3.8, 4) is 0 Å². The zero-order valence-electron chi connectivity index (χ0n) is 22.6. The Morgan fingerprint density at radius 3 is 1.97 bits per heavy atom. The third-order valence-electron chi connectivity index (χ3n) is 14.1. The molecule has 5 aliphatic carbocycles. The number of hydrogen-bond acceptors (Lipinski definition) is 3. The Bertz CT molecular complexity index is 793. The fourth-order valence-corrected chi connectivity index (χ4v) is 11.4. The molecule has 5 saturated carbocycles. The van der Waals surface area contributed by atoms with E-state index in [1.807, 2.05) is 0 Å². The smallest absolute Gasteiger partial charge is 0.0829 e. The summed E-state index contributed by atoms with van der Waals surface area (Å²) in [4.78, 5) is 0. The van der Waals surface area contributed by atoms with Gasteiger partial charge in [0, 0.05) is 6.61 Å². The van der Waals surface area contributed by atoms with E-state index >= 15 is 0 Å². The molecule has 0 saturated heterocycles. The Morgan fingerprint density at radius 2 is 1.30 bits per heavy atom. The van der Waals surface area contributed by atoms with Crippen LogP contribution < -0.4 is 0 Å². The lowest BCUT2D eigenvalue weighted by molar-refractivity contribution is -0.275. The van der Waals surface area contributed by atoms with Crippen molar-refractivity contribution < 1.29 is 15.3 Å². The molecule has 3 nitrogen and oxygen atoms in total. The molecule has 190 valence electrons. The number of aliphatic hydroxyl groups is 3. The lowest BCUT2D eigenvalue weighted by Crippen LogP contribution is -2.69. The maximum absolute atomic E-state index is 10.9. The first kappa shape index (κ1) is 24.6. The molecule has 0 aromatic carbocycles. The summed E-state index contributed by atoms with van der Waals surface area (Å²) < 4.78 is 0. The number of rotatable bonds is 1. The highest BCUT2D eigenvalue weighted by Gasteiger charge is 2.71. The highest BCUT2D eigenvalue weighted by Crippen LogP contribution is 2.78. The summed E-state index contributed by atoms with van der Waals surface area (Å²) in [5, 5.41) is 32.4. The van der Waals surface area contributed by atoms with Crippen molar-refractivity contribution in [3.63, 3.8) is 0 Å². The fraction of sp³-hybridized carbons (Fsp3) is 1.00. The van der Waals surface area contributed by atoms with Crippen molar-refractivity contribution in [2.45, 2.75) is 125 Å². The van der Waals surface area contributed by atoms with Crippen molar-refractivity contribution >= 4 is 0 Å². The largest absolute Gasteiger partial charge is 0.396 e. The molecule has 3 N–H and O–H groups in total. The Balaban J connectivity index is 1.55. The lowest BCUT2D eigenvalue weighted by atomic mass is 9.30. The van der Waals surface area contributed by atoms with Crippen molar-refractivity contribution in [2.75, 3.05) is 6.61 Å².